The van der Waals surface area contributed by atoms with Crippen LogP contribution in [0.4, 0.5) is 0 Å². The molecule has 0 N–H and O–H groups in total. The minimum atomic E-state index is -0.0650. The quantitative estimate of drug-likeness (QED) is 0.141. The lowest BCUT2D eigenvalue weighted by molar-refractivity contribution is -0.143. The zero-order chi connectivity index (χ0) is 17.0. The molecule has 0 aliphatic rings. The molecule has 0 unspecified atom stereocenters. The van der Waals surface area contributed by atoms with Crippen molar-refractivity contribution in [3.63, 3.8) is 0 Å². The van der Waals surface area contributed by atoms with Crippen LogP contribution in [0.15, 0.2) is 12.2 Å². The summed E-state index contributed by atoms with van der Waals surface area (Å²) in [5, 5.41) is 0. The van der Waals surface area contributed by atoms with Crippen molar-refractivity contribution in [3.8, 4) is 0 Å². The van der Waals surface area contributed by atoms with Gasteiger partial charge in [0.2, 0.25) is 0 Å². The standard InChI is InChI=1S/C20H38O2S/c1-2-3-4-5-6-7-8-9-10-11-12-13-14-15-16-17-20(21)22-18-19-23/h2-3,23H,4-19H2,1H3/b3-2+. The van der Waals surface area contributed by atoms with Crippen molar-refractivity contribution >= 4 is 18.6 Å². The van der Waals surface area contributed by atoms with Gasteiger partial charge in [-0.1, -0.05) is 76.4 Å². The molecule has 0 bridgehead atoms. The number of allylic oxidation sites excluding steroid dienone is 2. The van der Waals surface area contributed by atoms with E-state index in [1.807, 2.05) is 0 Å². The number of carbonyl (C=O) groups excluding carboxylic acids is 1. The number of unbranched alkanes of at least 4 members (excludes halogenated alkanes) is 12. The number of hydrogen-bond acceptors (Lipinski definition) is 3. The van der Waals surface area contributed by atoms with E-state index in [1.54, 1.807) is 0 Å². The van der Waals surface area contributed by atoms with Gasteiger partial charge in [0, 0.05) is 12.2 Å². The van der Waals surface area contributed by atoms with E-state index in [2.05, 4.69) is 31.7 Å². The van der Waals surface area contributed by atoms with Gasteiger partial charge in [0.25, 0.3) is 0 Å². The fourth-order valence-electron chi connectivity index (χ4n) is 2.70. The Kier molecular flexibility index (Phi) is 19.2. The molecule has 0 heterocycles. The molecule has 136 valence electrons. The molecular formula is C20H38O2S. The molecule has 2 nitrogen and oxygen atoms in total. The summed E-state index contributed by atoms with van der Waals surface area (Å²) < 4.78 is 4.99. The lowest BCUT2D eigenvalue weighted by Gasteiger charge is -2.04. The van der Waals surface area contributed by atoms with Crippen molar-refractivity contribution in [2.45, 2.75) is 96.8 Å². The Balaban J connectivity index is 3.06. The molecule has 0 amide bonds. The van der Waals surface area contributed by atoms with E-state index in [-0.39, 0.29) is 5.97 Å². The summed E-state index contributed by atoms with van der Waals surface area (Å²) in [5.41, 5.74) is 0. The highest BCUT2D eigenvalue weighted by molar-refractivity contribution is 7.80. The van der Waals surface area contributed by atoms with Crippen LogP contribution in [0.3, 0.4) is 0 Å². The highest BCUT2D eigenvalue weighted by Crippen LogP contribution is 2.13. The van der Waals surface area contributed by atoms with Crippen molar-refractivity contribution in [1.82, 2.24) is 0 Å². The minimum absolute atomic E-state index is 0.0650. The maximum atomic E-state index is 11.3. The first kappa shape index (κ1) is 22.6. The van der Waals surface area contributed by atoms with Crippen LogP contribution < -0.4 is 0 Å². The van der Waals surface area contributed by atoms with Crippen molar-refractivity contribution in [1.29, 1.82) is 0 Å². The Bertz CT molecular complexity index is 277. The van der Waals surface area contributed by atoms with E-state index in [0.717, 1.165) is 12.8 Å². The van der Waals surface area contributed by atoms with Crippen molar-refractivity contribution in [3.05, 3.63) is 12.2 Å². The molecule has 0 aromatic carbocycles. The van der Waals surface area contributed by atoms with Gasteiger partial charge < -0.3 is 4.74 Å². The summed E-state index contributed by atoms with van der Waals surface area (Å²) in [4.78, 5) is 11.3. The third kappa shape index (κ3) is 19.5. The zero-order valence-electron chi connectivity index (χ0n) is 15.2. The summed E-state index contributed by atoms with van der Waals surface area (Å²) >= 11 is 4.02. The van der Waals surface area contributed by atoms with Gasteiger partial charge in [0.1, 0.15) is 6.61 Å². The molecule has 0 aliphatic heterocycles. The molecule has 0 radical (unpaired) electrons. The van der Waals surface area contributed by atoms with Crippen molar-refractivity contribution in [2.75, 3.05) is 12.4 Å². The van der Waals surface area contributed by atoms with Gasteiger partial charge in [-0.3, -0.25) is 4.79 Å². The third-order valence-electron chi connectivity index (χ3n) is 4.09. The summed E-state index contributed by atoms with van der Waals surface area (Å²) in [6.45, 7) is 2.54. The lowest BCUT2D eigenvalue weighted by Crippen LogP contribution is -2.06. The summed E-state index contributed by atoms with van der Waals surface area (Å²) in [7, 11) is 0. The van der Waals surface area contributed by atoms with Crippen molar-refractivity contribution in [2.24, 2.45) is 0 Å². The van der Waals surface area contributed by atoms with Gasteiger partial charge >= 0.3 is 5.97 Å². The molecule has 0 atom stereocenters. The highest BCUT2D eigenvalue weighted by Gasteiger charge is 2.01. The van der Waals surface area contributed by atoms with Gasteiger partial charge in [-0.25, -0.2) is 0 Å². The van der Waals surface area contributed by atoms with Crippen LogP contribution in [0.25, 0.3) is 0 Å². The molecule has 0 saturated heterocycles. The van der Waals surface area contributed by atoms with E-state index < -0.39 is 0 Å². The Morgan fingerprint density at radius 1 is 0.826 bits per heavy atom. The van der Waals surface area contributed by atoms with Crippen LogP contribution >= 0.6 is 12.6 Å². The minimum Gasteiger partial charge on any atom is -0.465 e. The molecule has 23 heavy (non-hydrogen) atoms. The summed E-state index contributed by atoms with van der Waals surface area (Å²) in [5.74, 6) is 0.548. The number of hydrogen-bond donors (Lipinski definition) is 1. The van der Waals surface area contributed by atoms with E-state index >= 15 is 0 Å². The van der Waals surface area contributed by atoms with E-state index in [0.29, 0.717) is 18.8 Å². The second-order valence-corrected chi connectivity index (χ2v) is 6.74. The van der Waals surface area contributed by atoms with Crippen LogP contribution in [0.5, 0.6) is 0 Å². The van der Waals surface area contributed by atoms with E-state index in [9.17, 15) is 4.79 Å². The molecule has 0 fully saturated rings. The van der Waals surface area contributed by atoms with E-state index in [4.69, 9.17) is 4.74 Å². The maximum absolute atomic E-state index is 11.3. The second-order valence-electron chi connectivity index (χ2n) is 6.29. The predicted molar refractivity (Wildman–Crippen MR) is 104 cm³/mol. The smallest absolute Gasteiger partial charge is 0.305 e. The van der Waals surface area contributed by atoms with Gasteiger partial charge in [0.05, 0.1) is 0 Å². The fraction of sp³-hybridized carbons (Fsp3) is 0.850. The zero-order valence-corrected chi connectivity index (χ0v) is 16.1. The molecule has 0 saturated carbocycles. The van der Waals surface area contributed by atoms with Crippen LogP contribution in [-0.2, 0) is 9.53 Å². The Labute approximate surface area is 149 Å². The summed E-state index contributed by atoms with van der Waals surface area (Å²) in [6.07, 6.45) is 22.0. The van der Waals surface area contributed by atoms with Crippen LogP contribution in [0, 0.1) is 0 Å². The Hall–Kier alpha value is -0.440. The van der Waals surface area contributed by atoms with Gasteiger partial charge in [-0.05, 0) is 26.2 Å². The monoisotopic (exact) mass is 342 g/mol. The number of carbonyl (C=O) groups is 1. The molecular weight excluding hydrogens is 304 g/mol. The van der Waals surface area contributed by atoms with Gasteiger partial charge in [-0.15, -0.1) is 0 Å². The number of thiol groups is 1. The van der Waals surface area contributed by atoms with Crippen LogP contribution in [0.2, 0.25) is 0 Å². The normalized spacial score (nSPS) is 11.2. The first-order chi connectivity index (χ1) is 11.3. The van der Waals surface area contributed by atoms with E-state index in [1.165, 1.54) is 70.6 Å². The van der Waals surface area contributed by atoms with Crippen LogP contribution in [-0.4, -0.2) is 18.3 Å². The number of ether oxygens (including phenoxy) is 1. The molecule has 3 heteroatoms. The maximum Gasteiger partial charge on any atom is 0.305 e. The SMILES string of the molecule is C/C=C/CCCCCCCCCCCCCCC(=O)OCCS. The average molecular weight is 343 g/mol. The highest BCUT2D eigenvalue weighted by atomic mass is 32.1. The Morgan fingerprint density at radius 2 is 1.30 bits per heavy atom. The largest absolute Gasteiger partial charge is 0.465 e. The summed E-state index contributed by atoms with van der Waals surface area (Å²) in [6, 6.07) is 0. The topological polar surface area (TPSA) is 26.3 Å². The predicted octanol–water partition coefficient (Wildman–Crippen LogP) is 6.50. The molecule has 0 rings (SSSR count). The fourth-order valence-corrected chi connectivity index (χ4v) is 2.79. The van der Waals surface area contributed by atoms with Gasteiger partial charge in [-0.2, -0.15) is 12.6 Å². The molecule has 0 spiro atoms. The molecule has 0 aromatic rings. The average Bonchev–Trinajstić information content (AvgIpc) is 2.56. The second kappa shape index (κ2) is 19.6. The molecule has 0 aliphatic carbocycles. The lowest BCUT2D eigenvalue weighted by atomic mass is 10.0. The molecule has 0 aromatic heterocycles. The first-order valence-corrected chi connectivity index (χ1v) is 10.3. The Morgan fingerprint density at radius 3 is 1.78 bits per heavy atom. The van der Waals surface area contributed by atoms with Crippen molar-refractivity contribution < 1.29 is 9.53 Å². The first-order valence-electron chi connectivity index (χ1n) is 9.69. The van der Waals surface area contributed by atoms with Crippen LogP contribution in [0.1, 0.15) is 96.8 Å². The van der Waals surface area contributed by atoms with Gasteiger partial charge in [0.15, 0.2) is 0 Å². The number of esters is 1. The third-order valence-corrected chi connectivity index (χ3v) is 4.27. The number of rotatable bonds is 17.